The van der Waals surface area contributed by atoms with Crippen LogP contribution in [0.25, 0.3) is 0 Å². The number of hydrazine groups is 1. The van der Waals surface area contributed by atoms with Gasteiger partial charge in [0.15, 0.2) is 0 Å². The van der Waals surface area contributed by atoms with E-state index in [0.29, 0.717) is 6.04 Å². The van der Waals surface area contributed by atoms with Gasteiger partial charge in [0.2, 0.25) is 0 Å². The predicted molar refractivity (Wildman–Crippen MR) is 76.9 cm³/mol. The minimum atomic E-state index is 0.404. The number of hydrogen-bond acceptors (Lipinski definition) is 2. The number of nitrogens with one attached hydrogen (secondary N) is 1. The van der Waals surface area contributed by atoms with Gasteiger partial charge in [-0.15, -0.1) is 0 Å². The Morgan fingerprint density at radius 3 is 2.67 bits per heavy atom. The van der Waals surface area contributed by atoms with Crippen LogP contribution in [0.2, 0.25) is 5.02 Å². The Kier molecular flexibility index (Phi) is 4.61. The first-order valence-electron chi connectivity index (χ1n) is 6.51. The lowest BCUT2D eigenvalue weighted by Crippen LogP contribution is -2.32. The zero-order chi connectivity index (χ0) is 13.0. The van der Waals surface area contributed by atoms with Crippen molar-refractivity contribution in [3.8, 4) is 0 Å². The van der Waals surface area contributed by atoms with Crippen LogP contribution in [0.3, 0.4) is 0 Å². The maximum Gasteiger partial charge on any atom is 0.142 e. The summed E-state index contributed by atoms with van der Waals surface area (Å²) < 4.78 is 0. The molecule has 1 aromatic rings. The number of benzene rings is 1. The van der Waals surface area contributed by atoms with Gasteiger partial charge >= 0.3 is 0 Å². The molecule has 0 aliphatic heterocycles. The molecule has 1 aromatic carbocycles. The van der Waals surface area contributed by atoms with Crippen molar-refractivity contribution < 1.29 is 0 Å². The van der Waals surface area contributed by atoms with Crippen molar-refractivity contribution in [2.45, 2.75) is 45.1 Å². The average Bonchev–Trinajstić information content (AvgIpc) is 2.40. The third kappa shape index (κ3) is 3.24. The highest BCUT2D eigenvalue weighted by Crippen LogP contribution is 2.21. The molecule has 4 heteroatoms. The van der Waals surface area contributed by atoms with Crippen LogP contribution in [0.5, 0.6) is 0 Å². The average molecular weight is 266 g/mol. The van der Waals surface area contributed by atoms with E-state index >= 15 is 0 Å². The van der Waals surface area contributed by atoms with E-state index in [4.69, 9.17) is 22.4 Å². The SMILES string of the molecule is Cc1cc(C(=NC2CCCCC2)NN)ccc1Cl. The van der Waals surface area contributed by atoms with Gasteiger partial charge in [0.05, 0.1) is 6.04 Å². The summed E-state index contributed by atoms with van der Waals surface area (Å²) >= 11 is 6.03. The highest BCUT2D eigenvalue weighted by atomic mass is 35.5. The molecule has 1 fully saturated rings. The number of halogens is 1. The Morgan fingerprint density at radius 1 is 1.33 bits per heavy atom. The molecule has 0 aromatic heterocycles. The first-order valence-corrected chi connectivity index (χ1v) is 6.89. The molecule has 0 spiro atoms. The van der Waals surface area contributed by atoms with Crippen molar-refractivity contribution in [3.63, 3.8) is 0 Å². The van der Waals surface area contributed by atoms with Gasteiger partial charge in [-0.1, -0.05) is 30.9 Å². The third-order valence-corrected chi connectivity index (χ3v) is 3.88. The molecule has 0 unspecified atom stereocenters. The molecule has 0 heterocycles. The Labute approximate surface area is 113 Å². The largest absolute Gasteiger partial charge is 0.308 e. The van der Waals surface area contributed by atoms with Crippen LogP contribution < -0.4 is 11.3 Å². The summed E-state index contributed by atoms with van der Waals surface area (Å²) in [7, 11) is 0. The maximum atomic E-state index is 6.03. The van der Waals surface area contributed by atoms with Gasteiger partial charge in [-0.25, -0.2) is 5.84 Å². The first kappa shape index (κ1) is 13.4. The Morgan fingerprint density at radius 2 is 2.06 bits per heavy atom. The molecule has 98 valence electrons. The summed E-state index contributed by atoms with van der Waals surface area (Å²) in [5.41, 5.74) is 4.77. The van der Waals surface area contributed by atoms with Crippen molar-refractivity contribution in [3.05, 3.63) is 34.3 Å². The number of nitrogens with two attached hydrogens (primary N) is 1. The van der Waals surface area contributed by atoms with Gasteiger partial charge in [-0.3, -0.25) is 4.99 Å². The van der Waals surface area contributed by atoms with Gasteiger partial charge in [-0.2, -0.15) is 0 Å². The van der Waals surface area contributed by atoms with E-state index in [1.54, 1.807) is 0 Å². The second kappa shape index (κ2) is 6.21. The summed E-state index contributed by atoms with van der Waals surface area (Å²) in [6.07, 6.45) is 6.20. The van der Waals surface area contributed by atoms with Crippen molar-refractivity contribution in [1.29, 1.82) is 0 Å². The summed E-state index contributed by atoms with van der Waals surface area (Å²) in [6.45, 7) is 1.99. The fraction of sp³-hybridized carbons (Fsp3) is 0.500. The summed E-state index contributed by atoms with van der Waals surface area (Å²) in [4.78, 5) is 4.73. The van der Waals surface area contributed by atoms with E-state index in [1.807, 2.05) is 25.1 Å². The van der Waals surface area contributed by atoms with Crippen LogP contribution in [0, 0.1) is 6.92 Å². The molecule has 0 radical (unpaired) electrons. The molecule has 3 nitrogen and oxygen atoms in total. The molecule has 1 aliphatic rings. The van der Waals surface area contributed by atoms with Crippen LogP contribution in [0.1, 0.15) is 43.2 Å². The molecule has 2 rings (SSSR count). The van der Waals surface area contributed by atoms with Gasteiger partial charge in [-0.05, 0) is 43.5 Å². The van der Waals surface area contributed by atoms with Crippen LogP contribution in [0.15, 0.2) is 23.2 Å². The number of aryl methyl sites for hydroxylation is 1. The Bertz CT molecular complexity index is 437. The molecular formula is C14H20ClN3. The van der Waals surface area contributed by atoms with Crippen molar-refractivity contribution >= 4 is 17.4 Å². The molecule has 0 atom stereocenters. The van der Waals surface area contributed by atoms with Gasteiger partial charge in [0.25, 0.3) is 0 Å². The lowest BCUT2D eigenvalue weighted by molar-refractivity contribution is 0.442. The van der Waals surface area contributed by atoms with Crippen LogP contribution in [-0.4, -0.2) is 11.9 Å². The van der Waals surface area contributed by atoms with E-state index in [-0.39, 0.29) is 0 Å². The Hall–Kier alpha value is -1.06. The molecule has 18 heavy (non-hydrogen) atoms. The lowest BCUT2D eigenvalue weighted by Gasteiger charge is -2.19. The molecule has 0 bridgehead atoms. The molecule has 3 N–H and O–H groups in total. The molecular weight excluding hydrogens is 246 g/mol. The van der Waals surface area contributed by atoms with Gasteiger partial charge < -0.3 is 5.43 Å². The third-order valence-electron chi connectivity index (χ3n) is 3.45. The number of aliphatic imine (C=N–C) groups is 1. The standard InChI is InChI=1S/C14H20ClN3/c1-10-9-11(7-8-13(10)15)14(18-16)17-12-5-3-2-4-6-12/h7-9,12H,2-6,16H2,1H3,(H,17,18). The highest BCUT2D eigenvalue weighted by Gasteiger charge is 2.14. The van der Waals surface area contributed by atoms with Crippen LogP contribution in [0.4, 0.5) is 0 Å². The first-order chi connectivity index (χ1) is 8.70. The zero-order valence-electron chi connectivity index (χ0n) is 10.7. The van der Waals surface area contributed by atoms with E-state index < -0.39 is 0 Å². The molecule has 0 saturated heterocycles. The normalized spacial score (nSPS) is 17.8. The molecule has 0 amide bonds. The van der Waals surface area contributed by atoms with Crippen molar-refractivity contribution in [2.24, 2.45) is 10.8 Å². The topological polar surface area (TPSA) is 50.4 Å². The van der Waals surface area contributed by atoms with Crippen LogP contribution in [-0.2, 0) is 0 Å². The fourth-order valence-corrected chi connectivity index (χ4v) is 2.50. The lowest BCUT2D eigenvalue weighted by atomic mass is 9.96. The minimum absolute atomic E-state index is 0.404. The highest BCUT2D eigenvalue weighted by molar-refractivity contribution is 6.31. The van der Waals surface area contributed by atoms with Crippen molar-refractivity contribution in [1.82, 2.24) is 5.43 Å². The van der Waals surface area contributed by atoms with E-state index in [2.05, 4.69) is 5.43 Å². The second-order valence-electron chi connectivity index (χ2n) is 4.88. The predicted octanol–water partition coefficient (Wildman–Crippen LogP) is 3.19. The zero-order valence-corrected chi connectivity index (χ0v) is 11.5. The number of nitrogens with zero attached hydrogens (tertiary/aromatic N) is 1. The number of hydrogen-bond donors (Lipinski definition) is 2. The van der Waals surface area contributed by atoms with Crippen molar-refractivity contribution in [2.75, 3.05) is 0 Å². The van der Waals surface area contributed by atoms with E-state index in [1.165, 1.54) is 19.3 Å². The number of amidine groups is 1. The molecule has 1 saturated carbocycles. The van der Waals surface area contributed by atoms with Gasteiger partial charge in [0, 0.05) is 10.6 Å². The van der Waals surface area contributed by atoms with Gasteiger partial charge in [0.1, 0.15) is 5.84 Å². The summed E-state index contributed by atoms with van der Waals surface area (Å²) in [5, 5.41) is 0.771. The smallest absolute Gasteiger partial charge is 0.142 e. The Balaban J connectivity index is 2.20. The fourth-order valence-electron chi connectivity index (χ4n) is 2.38. The minimum Gasteiger partial charge on any atom is -0.308 e. The maximum absolute atomic E-state index is 6.03. The van der Waals surface area contributed by atoms with E-state index in [0.717, 1.165) is 34.8 Å². The summed E-state index contributed by atoms with van der Waals surface area (Å²) in [6, 6.07) is 6.27. The summed E-state index contributed by atoms with van der Waals surface area (Å²) in [5.74, 6) is 6.36. The quantitative estimate of drug-likeness (QED) is 0.373. The van der Waals surface area contributed by atoms with Crippen LogP contribution >= 0.6 is 11.6 Å². The number of rotatable bonds is 2. The molecule has 1 aliphatic carbocycles. The van der Waals surface area contributed by atoms with E-state index in [9.17, 15) is 0 Å². The second-order valence-corrected chi connectivity index (χ2v) is 5.29. The monoisotopic (exact) mass is 265 g/mol.